The molecular formula is C13H22N4O2S. The Hall–Kier alpha value is -0.920. The Bertz CT molecular complexity index is 575. The van der Waals surface area contributed by atoms with E-state index in [0.717, 1.165) is 38.1 Å². The van der Waals surface area contributed by atoms with Crippen LogP contribution in [0.1, 0.15) is 37.9 Å². The van der Waals surface area contributed by atoms with E-state index in [9.17, 15) is 8.42 Å². The number of imidazole rings is 1. The second-order valence-corrected chi connectivity index (χ2v) is 7.44. The summed E-state index contributed by atoms with van der Waals surface area (Å²) in [4.78, 5) is 4.21. The van der Waals surface area contributed by atoms with Crippen molar-refractivity contribution in [2.24, 2.45) is 11.7 Å². The first-order valence-corrected chi connectivity index (χ1v) is 8.87. The summed E-state index contributed by atoms with van der Waals surface area (Å²) in [5.41, 5.74) is 5.78. The molecule has 0 radical (unpaired) electrons. The van der Waals surface area contributed by atoms with Crippen LogP contribution >= 0.6 is 0 Å². The van der Waals surface area contributed by atoms with E-state index in [1.165, 1.54) is 19.0 Å². The van der Waals surface area contributed by atoms with Gasteiger partial charge in [0, 0.05) is 25.6 Å². The molecule has 1 unspecified atom stereocenters. The Balaban J connectivity index is 1.80. The lowest BCUT2D eigenvalue weighted by molar-refractivity contribution is 0.404. The zero-order chi connectivity index (χ0) is 14.2. The zero-order valence-corrected chi connectivity index (χ0v) is 12.4. The largest absolute Gasteiger partial charge is 0.329 e. The van der Waals surface area contributed by atoms with Gasteiger partial charge in [-0.3, -0.25) is 0 Å². The van der Waals surface area contributed by atoms with Gasteiger partial charge in [-0.25, -0.2) is 18.1 Å². The summed E-state index contributed by atoms with van der Waals surface area (Å²) < 4.78 is 29.7. The summed E-state index contributed by atoms with van der Waals surface area (Å²) in [5, 5.41) is 0.293. The number of aromatic nitrogens is 2. The minimum absolute atomic E-state index is 0.157. The van der Waals surface area contributed by atoms with Gasteiger partial charge in [0.05, 0.1) is 6.20 Å². The van der Waals surface area contributed by atoms with Crippen LogP contribution < -0.4 is 10.5 Å². The minimum Gasteiger partial charge on any atom is -0.329 e. The van der Waals surface area contributed by atoms with Crippen LogP contribution in [0.15, 0.2) is 11.2 Å². The topological polar surface area (TPSA) is 90.0 Å². The lowest BCUT2D eigenvalue weighted by Gasteiger charge is -2.23. The number of hydrogen-bond donors (Lipinski definition) is 2. The number of nitrogens with one attached hydrogen (secondary N) is 1. The van der Waals surface area contributed by atoms with Gasteiger partial charge < -0.3 is 10.3 Å². The lowest BCUT2D eigenvalue weighted by atomic mass is 9.99. The Kier molecular flexibility index (Phi) is 3.83. The number of nitrogens with zero attached hydrogens (tertiary/aromatic N) is 2. The van der Waals surface area contributed by atoms with E-state index < -0.39 is 10.0 Å². The summed E-state index contributed by atoms with van der Waals surface area (Å²) in [6, 6.07) is -0.157. The third kappa shape index (κ3) is 2.49. The first kappa shape index (κ1) is 14.0. The van der Waals surface area contributed by atoms with E-state index in [1.807, 2.05) is 4.57 Å². The Morgan fingerprint density at radius 2 is 2.15 bits per heavy atom. The van der Waals surface area contributed by atoms with Gasteiger partial charge in [0.15, 0.2) is 5.03 Å². The second-order valence-electron chi connectivity index (χ2n) is 5.78. The van der Waals surface area contributed by atoms with Gasteiger partial charge in [-0.15, -0.1) is 0 Å². The zero-order valence-electron chi connectivity index (χ0n) is 11.6. The van der Waals surface area contributed by atoms with Crippen LogP contribution in [0.4, 0.5) is 0 Å². The number of hydrogen-bond acceptors (Lipinski definition) is 4. The molecular weight excluding hydrogens is 276 g/mol. The highest BCUT2D eigenvalue weighted by atomic mass is 32.2. The quantitative estimate of drug-likeness (QED) is 0.834. The molecule has 0 bridgehead atoms. The first-order valence-electron chi connectivity index (χ1n) is 7.38. The molecule has 1 aliphatic heterocycles. The number of fused-ring (bicyclic) bond motifs is 1. The minimum atomic E-state index is -3.52. The normalized spacial score (nSPS) is 21.2. The van der Waals surface area contributed by atoms with E-state index >= 15 is 0 Å². The highest BCUT2D eigenvalue weighted by Gasteiger charge is 2.31. The maximum absolute atomic E-state index is 12.6. The predicted octanol–water partition coefficient (Wildman–Crippen LogP) is 0.625. The van der Waals surface area contributed by atoms with Crippen molar-refractivity contribution in [3.63, 3.8) is 0 Å². The molecule has 7 heteroatoms. The van der Waals surface area contributed by atoms with Crippen molar-refractivity contribution in [1.29, 1.82) is 0 Å². The van der Waals surface area contributed by atoms with Gasteiger partial charge in [-0.05, 0) is 25.2 Å². The fourth-order valence-corrected chi connectivity index (χ4v) is 4.89. The molecule has 20 heavy (non-hydrogen) atoms. The van der Waals surface area contributed by atoms with Crippen molar-refractivity contribution in [3.8, 4) is 0 Å². The van der Waals surface area contributed by atoms with E-state index in [-0.39, 0.29) is 6.04 Å². The number of aryl methyl sites for hydroxylation is 1. The van der Waals surface area contributed by atoms with Crippen LogP contribution in [0.25, 0.3) is 0 Å². The molecule has 0 aromatic carbocycles. The molecule has 1 fully saturated rings. The lowest BCUT2D eigenvalue weighted by Crippen LogP contribution is -2.44. The van der Waals surface area contributed by atoms with E-state index in [0.29, 0.717) is 17.5 Å². The van der Waals surface area contributed by atoms with Gasteiger partial charge in [0.2, 0.25) is 0 Å². The molecule has 1 saturated carbocycles. The van der Waals surface area contributed by atoms with Crippen molar-refractivity contribution in [3.05, 3.63) is 12.0 Å². The molecule has 1 aromatic rings. The van der Waals surface area contributed by atoms with Crippen LogP contribution in [0.3, 0.4) is 0 Å². The summed E-state index contributed by atoms with van der Waals surface area (Å²) in [6.07, 6.45) is 7.77. The Labute approximate surface area is 119 Å². The molecule has 112 valence electrons. The van der Waals surface area contributed by atoms with Crippen LogP contribution in [-0.2, 0) is 23.0 Å². The van der Waals surface area contributed by atoms with E-state index in [2.05, 4.69) is 9.71 Å². The highest BCUT2D eigenvalue weighted by molar-refractivity contribution is 7.89. The summed E-state index contributed by atoms with van der Waals surface area (Å²) >= 11 is 0. The fraction of sp³-hybridized carbons (Fsp3) is 0.769. The van der Waals surface area contributed by atoms with Gasteiger partial charge in [0.1, 0.15) is 5.82 Å². The van der Waals surface area contributed by atoms with Gasteiger partial charge in [0.25, 0.3) is 10.0 Å². The number of sulfonamides is 1. The maximum Gasteiger partial charge on any atom is 0.258 e. The summed E-state index contributed by atoms with van der Waals surface area (Å²) in [6.45, 7) is 1.09. The summed E-state index contributed by atoms with van der Waals surface area (Å²) in [7, 11) is -3.52. The van der Waals surface area contributed by atoms with Crippen molar-refractivity contribution in [2.75, 3.05) is 6.54 Å². The SMILES string of the molecule is NCC(NS(=O)(=O)c1cnc2n1CCC2)C1CCCC1. The fourth-order valence-electron chi connectivity index (χ4n) is 3.40. The monoisotopic (exact) mass is 298 g/mol. The standard InChI is InChI=1S/C13H22N4O2S/c14-8-11(10-4-1-2-5-10)16-20(18,19)13-9-15-12-6-3-7-17(12)13/h9-11,16H,1-8,14H2. The van der Waals surface area contributed by atoms with Crippen LogP contribution in [0.5, 0.6) is 0 Å². The molecule has 3 N–H and O–H groups in total. The molecule has 0 spiro atoms. The van der Waals surface area contributed by atoms with Crippen molar-refractivity contribution < 1.29 is 8.42 Å². The molecule has 1 aliphatic carbocycles. The van der Waals surface area contributed by atoms with Crippen molar-refractivity contribution >= 4 is 10.0 Å². The second kappa shape index (κ2) is 5.46. The number of nitrogens with two attached hydrogens (primary N) is 1. The van der Waals surface area contributed by atoms with E-state index in [1.54, 1.807) is 0 Å². The first-order chi connectivity index (χ1) is 9.62. The van der Waals surface area contributed by atoms with Gasteiger partial charge in [-0.1, -0.05) is 12.8 Å². The molecule has 0 saturated heterocycles. The van der Waals surface area contributed by atoms with Gasteiger partial charge in [-0.2, -0.15) is 0 Å². The van der Waals surface area contributed by atoms with Crippen molar-refractivity contribution in [1.82, 2.24) is 14.3 Å². The molecule has 3 rings (SSSR count). The van der Waals surface area contributed by atoms with Gasteiger partial charge >= 0.3 is 0 Å². The van der Waals surface area contributed by atoms with Crippen LogP contribution in [-0.4, -0.2) is 30.6 Å². The van der Waals surface area contributed by atoms with Crippen LogP contribution in [0, 0.1) is 5.92 Å². The molecule has 1 atom stereocenters. The third-order valence-electron chi connectivity index (χ3n) is 4.49. The highest BCUT2D eigenvalue weighted by Crippen LogP contribution is 2.28. The molecule has 2 heterocycles. The maximum atomic E-state index is 12.6. The van der Waals surface area contributed by atoms with E-state index in [4.69, 9.17) is 5.73 Å². The smallest absolute Gasteiger partial charge is 0.258 e. The average molecular weight is 298 g/mol. The molecule has 6 nitrogen and oxygen atoms in total. The third-order valence-corrected chi connectivity index (χ3v) is 5.98. The molecule has 1 aromatic heterocycles. The molecule has 2 aliphatic rings. The Morgan fingerprint density at radius 1 is 1.40 bits per heavy atom. The summed E-state index contributed by atoms with van der Waals surface area (Å²) in [5.74, 6) is 1.24. The van der Waals surface area contributed by atoms with Crippen molar-refractivity contribution in [2.45, 2.75) is 56.1 Å². The predicted molar refractivity (Wildman–Crippen MR) is 75.7 cm³/mol. The van der Waals surface area contributed by atoms with Crippen LogP contribution in [0.2, 0.25) is 0 Å². The Morgan fingerprint density at radius 3 is 2.85 bits per heavy atom. The number of rotatable bonds is 5. The average Bonchev–Trinajstić information content (AvgIpc) is 3.11. The molecule has 0 amide bonds.